The Morgan fingerprint density at radius 2 is 2.11 bits per heavy atom. The molecule has 1 heterocycles. The van der Waals surface area contributed by atoms with Crippen LogP contribution in [0.15, 0.2) is 28.7 Å². The van der Waals surface area contributed by atoms with Crippen LogP contribution in [0.2, 0.25) is 0 Å². The first kappa shape index (κ1) is 10.7. The van der Waals surface area contributed by atoms with Crippen molar-refractivity contribution in [3.05, 3.63) is 34.4 Å². The average molecular weight is 246 g/mol. The number of nitro groups is 1. The van der Waals surface area contributed by atoms with Crippen LogP contribution in [0.3, 0.4) is 0 Å². The molecule has 1 saturated carbocycles. The van der Waals surface area contributed by atoms with Gasteiger partial charge in [0, 0.05) is 12.1 Å². The maximum absolute atomic E-state index is 10.9. The number of para-hydroxylation sites is 1. The van der Waals surface area contributed by atoms with Crippen LogP contribution in [0.25, 0.3) is 11.5 Å². The van der Waals surface area contributed by atoms with Crippen molar-refractivity contribution >= 4 is 11.7 Å². The van der Waals surface area contributed by atoms with E-state index in [4.69, 9.17) is 4.42 Å². The normalized spacial score (nSPS) is 14.4. The van der Waals surface area contributed by atoms with E-state index in [1.807, 2.05) is 0 Å². The summed E-state index contributed by atoms with van der Waals surface area (Å²) in [6.07, 6.45) is 2.17. The fraction of sp³-hybridized carbons (Fsp3) is 0.273. The number of nitro benzene ring substituents is 1. The number of nitrogens with one attached hydrogen (secondary N) is 1. The highest BCUT2D eigenvalue weighted by Crippen LogP contribution is 2.30. The molecule has 0 unspecified atom stereocenters. The fourth-order valence-electron chi connectivity index (χ4n) is 1.61. The zero-order chi connectivity index (χ0) is 12.5. The van der Waals surface area contributed by atoms with Gasteiger partial charge in [-0.3, -0.25) is 10.1 Å². The van der Waals surface area contributed by atoms with Crippen molar-refractivity contribution in [3.8, 4) is 11.5 Å². The number of anilines is 1. The lowest BCUT2D eigenvalue weighted by Crippen LogP contribution is -2.00. The quantitative estimate of drug-likeness (QED) is 0.656. The summed E-state index contributed by atoms with van der Waals surface area (Å²) < 4.78 is 5.37. The number of benzene rings is 1. The highest BCUT2D eigenvalue weighted by molar-refractivity contribution is 5.66. The summed E-state index contributed by atoms with van der Waals surface area (Å²) in [6, 6.07) is 7.00. The Balaban J connectivity index is 1.93. The lowest BCUT2D eigenvalue weighted by Gasteiger charge is -1.97. The molecule has 0 atom stereocenters. The lowest BCUT2D eigenvalue weighted by molar-refractivity contribution is -0.384. The van der Waals surface area contributed by atoms with Crippen LogP contribution in [0.1, 0.15) is 12.8 Å². The van der Waals surface area contributed by atoms with Crippen molar-refractivity contribution in [2.24, 2.45) is 0 Å². The van der Waals surface area contributed by atoms with Crippen molar-refractivity contribution in [3.63, 3.8) is 0 Å². The van der Waals surface area contributed by atoms with E-state index in [-0.39, 0.29) is 11.6 Å². The van der Waals surface area contributed by atoms with Crippen molar-refractivity contribution in [2.45, 2.75) is 18.9 Å². The smallest absolute Gasteiger partial charge is 0.315 e. The summed E-state index contributed by atoms with van der Waals surface area (Å²) in [5.74, 6) is 0.158. The van der Waals surface area contributed by atoms with Crippen LogP contribution in [0.4, 0.5) is 11.7 Å². The van der Waals surface area contributed by atoms with Crippen LogP contribution >= 0.6 is 0 Å². The molecule has 0 bridgehead atoms. The highest BCUT2D eigenvalue weighted by Gasteiger charge is 2.24. The molecule has 0 radical (unpaired) electrons. The maximum Gasteiger partial charge on any atom is 0.315 e. The van der Waals surface area contributed by atoms with E-state index < -0.39 is 4.92 Å². The van der Waals surface area contributed by atoms with Crippen LogP contribution in [-0.2, 0) is 0 Å². The Morgan fingerprint density at radius 1 is 1.33 bits per heavy atom. The van der Waals surface area contributed by atoms with Gasteiger partial charge in [-0.15, -0.1) is 5.10 Å². The third-order valence-electron chi connectivity index (χ3n) is 2.66. The molecule has 92 valence electrons. The van der Waals surface area contributed by atoms with Gasteiger partial charge in [0.05, 0.1) is 4.92 Å². The van der Waals surface area contributed by atoms with E-state index in [1.165, 1.54) is 6.07 Å². The number of rotatable bonds is 4. The summed E-state index contributed by atoms with van der Waals surface area (Å²) in [5, 5.41) is 21.6. The van der Waals surface area contributed by atoms with Crippen LogP contribution in [0, 0.1) is 10.1 Å². The number of aromatic nitrogens is 2. The topological polar surface area (TPSA) is 94.1 Å². The molecule has 2 aromatic rings. The maximum atomic E-state index is 10.9. The zero-order valence-corrected chi connectivity index (χ0v) is 9.37. The van der Waals surface area contributed by atoms with Crippen molar-refractivity contribution in [1.29, 1.82) is 0 Å². The van der Waals surface area contributed by atoms with Gasteiger partial charge in [-0.1, -0.05) is 17.2 Å². The fourth-order valence-corrected chi connectivity index (χ4v) is 1.61. The molecule has 0 amide bonds. The van der Waals surface area contributed by atoms with Gasteiger partial charge in [-0.25, -0.2) is 0 Å². The second-order valence-electron chi connectivity index (χ2n) is 4.11. The molecule has 1 aliphatic carbocycles. The minimum Gasteiger partial charge on any atom is -0.403 e. The SMILES string of the molecule is O=[N+]([O-])c1ccccc1-c1nnc(NC2CC2)o1. The van der Waals surface area contributed by atoms with E-state index in [9.17, 15) is 10.1 Å². The molecular weight excluding hydrogens is 236 g/mol. The predicted molar refractivity (Wildman–Crippen MR) is 63.0 cm³/mol. The molecule has 7 nitrogen and oxygen atoms in total. The van der Waals surface area contributed by atoms with Crippen LogP contribution in [0.5, 0.6) is 0 Å². The first-order valence-corrected chi connectivity index (χ1v) is 5.58. The van der Waals surface area contributed by atoms with Crippen molar-refractivity contribution < 1.29 is 9.34 Å². The van der Waals surface area contributed by atoms with Gasteiger partial charge in [-0.2, -0.15) is 0 Å². The molecule has 18 heavy (non-hydrogen) atoms. The standard InChI is InChI=1S/C11H10N4O3/c16-15(17)9-4-2-1-3-8(9)10-13-14-11(18-10)12-7-5-6-7/h1-4,7H,5-6H2,(H,12,14). The zero-order valence-electron chi connectivity index (χ0n) is 9.37. The number of hydrogen-bond acceptors (Lipinski definition) is 6. The minimum atomic E-state index is -0.465. The van der Waals surface area contributed by atoms with Gasteiger partial charge >= 0.3 is 6.01 Å². The molecule has 1 aliphatic rings. The first-order valence-electron chi connectivity index (χ1n) is 5.58. The molecule has 0 spiro atoms. The van der Waals surface area contributed by atoms with Gasteiger partial charge < -0.3 is 9.73 Å². The highest BCUT2D eigenvalue weighted by atomic mass is 16.6. The molecule has 0 aliphatic heterocycles. The number of hydrogen-bond donors (Lipinski definition) is 1. The Hall–Kier alpha value is -2.44. The average Bonchev–Trinajstić information content (AvgIpc) is 3.05. The summed E-state index contributed by atoms with van der Waals surface area (Å²) in [4.78, 5) is 10.4. The van der Waals surface area contributed by atoms with Crippen molar-refractivity contribution in [1.82, 2.24) is 10.2 Å². The third-order valence-corrected chi connectivity index (χ3v) is 2.66. The van der Waals surface area contributed by atoms with Crippen LogP contribution in [-0.4, -0.2) is 21.2 Å². The predicted octanol–water partition coefficient (Wildman–Crippen LogP) is 2.22. The molecule has 1 aromatic carbocycles. The molecular formula is C11H10N4O3. The largest absolute Gasteiger partial charge is 0.403 e. The van der Waals surface area contributed by atoms with E-state index in [1.54, 1.807) is 18.2 Å². The number of nitrogens with zero attached hydrogens (tertiary/aromatic N) is 3. The minimum absolute atomic E-state index is 0.0425. The Labute approximate surface area is 102 Å². The van der Waals surface area contributed by atoms with Gasteiger partial charge in [0.1, 0.15) is 5.56 Å². The van der Waals surface area contributed by atoms with Gasteiger partial charge in [0.2, 0.25) is 0 Å². The Morgan fingerprint density at radius 3 is 2.83 bits per heavy atom. The molecule has 0 saturated heterocycles. The molecule has 7 heteroatoms. The van der Waals surface area contributed by atoms with Crippen molar-refractivity contribution in [2.75, 3.05) is 5.32 Å². The Kier molecular flexibility index (Phi) is 2.44. The summed E-state index contributed by atoms with van der Waals surface area (Å²) in [5.41, 5.74) is 0.290. The lowest BCUT2D eigenvalue weighted by atomic mass is 10.2. The van der Waals surface area contributed by atoms with Crippen LogP contribution < -0.4 is 5.32 Å². The molecule has 1 aromatic heterocycles. The summed E-state index contributed by atoms with van der Waals surface area (Å²) in [6.45, 7) is 0. The summed E-state index contributed by atoms with van der Waals surface area (Å²) >= 11 is 0. The molecule has 1 fully saturated rings. The molecule has 3 rings (SSSR count). The Bertz CT molecular complexity index is 591. The third kappa shape index (κ3) is 2.02. The molecule has 1 N–H and O–H groups in total. The monoisotopic (exact) mass is 246 g/mol. The van der Waals surface area contributed by atoms with E-state index in [0.717, 1.165) is 12.8 Å². The van der Waals surface area contributed by atoms with E-state index in [2.05, 4.69) is 15.5 Å². The van der Waals surface area contributed by atoms with E-state index in [0.29, 0.717) is 17.6 Å². The van der Waals surface area contributed by atoms with Gasteiger partial charge in [-0.05, 0) is 18.9 Å². The second-order valence-corrected chi connectivity index (χ2v) is 4.11. The first-order chi connectivity index (χ1) is 8.74. The second kappa shape index (κ2) is 4.10. The van der Waals surface area contributed by atoms with Gasteiger partial charge in [0.25, 0.3) is 11.6 Å². The summed E-state index contributed by atoms with van der Waals surface area (Å²) in [7, 11) is 0. The van der Waals surface area contributed by atoms with E-state index >= 15 is 0 Å². The van der Waals surface area contributed by atoms with Gasteiger partial charge in [0.15, 0.2) is 0 Å².